The van der Waals surface area contributed by atoms with Crippen LogP contribution >= 0.6 is 0 Å². The van der Waals surface area contributed by atoms with Crippen LogP contribution in [0.2, 0.25) is 0 Å². The van der Waals surface area contributed by atoms with Crippen molar-refractivity contribution >= 4 is 11.5 Å². The van der Waals surface area contributed by atoms with Crippen LogP contribution in [0.25, 0.3) is 5.65 Å². The van der Waals surface area contributed by atoms with Crippen LogP contribution in [-0.4, -0.2) is 19.6 Å². The van der Waals surface area contributed by atoms with Gasteiger partial charge in [0.25, 0.3) is 0 Å². The minimum absolute atomic E-state index is 0.168. The third-order valence-corrected chi connectivity index (χ3v) is 2.87. The van der Waals surface area contributed by atoms with Crippen LogP contribution in [0.3, 0.4) is 0 Å². The molecule has 2 aromatic heterocycles. The molecule has 0 aliphatic heterocycles. The number of rotatable bonds is 3. The van der Waals surface area contributed by atoms with Gasteiger partial charge in [-0.3, -0.25) is 4.40 Å². The van der Waals surface area contributed by atoms with Gasteiger partial charge in [-0.2, -0.15) is 0 Å². The molecule has 0 saturated heterocycles. The first-order chi connectivity index (χ1) is 8.84. The largest absolute Gasteiger partial charge is 0.360 e. The Morgan fingerprint density at radius 3 is 2.89 bits per heavy atom. The summed E-state index contributed by atoms with van der Waals surface area (Å²) >= 11 is 0. The second-order valence-electron chi connectivity index (χ2n) is 4.11. The minimum Gasteiger partial charge on any atom is -0.360 e. The summed E-state index contributed by atoms with van der Waals surface area (Å²) in [5.74, 6) is 0.742. The summed E-state index contributed by atoms with van der Waals surface area (Å²) in [5.41, 5.74) is 1.95. The fraction of sp³-hybridized carbons (Fsp3) is 0.154. The zero-order valence-electron chi connectivity index (χ0n) is 9.99. The van der Waals surface area contributed by atoms with E-state index in [0.717, 1.165) is 11.5 Å². The molecular weight excluding hydrogens is 226 g/mol. The van der Waals surface area contributed by atoms with Crippen molar-refractivity contribution in [3.63, 3.8) is 0 Å². The first-order valence-electron chi connectivity index (χ1n) is 5.80. The van der Waals surface area contributed by atoms with Crippen LogP contribution in [0.15, 0.2) is 49.1 Å². The molecule has 0 aliphatic carbocycles. The lowest BCUT2D eigenvalue weighted by atomic mass is 10.1. The highest BCUT2D eigenvalue weighted by Crippen LogP contribution is 2.19. The van der Waals surface area contributed by atoms with Gasteiger partial charge in [-0.25, -0.2) is 4.98 Å². The van der Waals surface area contributed by atoms with Gasteiger partial charge >= 0.3 is 0 Å². The molecule has 0 spiro atoms. The molecule has 0 aliphatic rings. The van der Waals surface area contributed by atoms with Crippen molar-refractivity contribution in [2.24, 2.45) is 0 Å². The summed E-state index contributed by atoms with van der Waals surface area (Å²) < 4.78 is 1.84. The second kappa shape index (κ2) is 4.44. The van der Waals surface area contributed by atoms with E-state index in [-0.39, 0.29) is 6.04 Å². The molecule has 5 heteroatoms. The Labute approximate surface area is 105 Å². The van der Waals surface area contributed by atoms with Gasteiger partial charge in [0.15, 0.2) is 5.82 Å². The molecule has 5 nitrogen and oxygen atoms in total. The lowest BCUT2D eigenvalue weighted by molar-refractivity contribution is 0.872. The van der Waals surface area contributed by atoms with E-state index in [1.807, 2.05) is 28.8 Å². The topological polar surface area (TPSA) is 55.1 Å². The second-order valence-corrected chi connectivity index (χ2v) is 4.11. The number of anilines is 1. The van der Waals surface area contributed by atoms with Crippen molar-refractivity contribution in [1.29, 1.82) is 0 Å². The molecule has 3 aromatic rings. The average Bonchev–Trinajstić information content (AvgIpc) is 2.89. The van der Waals surface area contributed by atoms with Crippen LogP contribution in [0.1, 0.15) is 18.5 Å². The molecule has 1 aromatic carbocycles. The molecule has 0 unspecified atom stereocenters. The van der Waals surface area contributed by atoms with E-state index in [1.54, 1.807) is 12.5 Å². The van der Waals surface area contributed by atoms with Crippen LogP contribution < -0.4 is 5.32 Å². The zero-order chi connectivity index (χ0) is 12.4. The standard InChI is InChI=1S/C13H13N5/c1-10(11-5-3-2-4-6-11)16-12-13-17-15-9-18(13)8-7-14-12/h2-10H,1H3,(H,14,16)/t10-/m0/s1. The Morgan fingerprint density at radius 2 is 2.06 bits per heavy atom. The van der Waals surface area contributed by atoms with Gasteiger partial charge in [-0.15, -0.1) is 10.2 Å². The van der Waals surface area contributed by atoms with E-state index >= 15 is 0 Å². The molecule has 0 bridgehead atoms. The van der Waals surface area contributed by atoms with Crippen LogP contribution in [0.5, 0.6) is 0 Å². The Morgan fingerprint density at radius 1 is 1.22 bits per heavy atom. The maximum atomic E-state index is 4.31. The number of hydrogen-bond donors (Lipinski definition) is 1. The molecule has 18 heavy (non-hydrogen) atoms. The van der Waals surface area contributed by atoms with Crippen molar-refractivity contribution in [3.8, 4) is 0 Å². The van der Waals surface area contributed by atoms with Gasteiger partial charge in [0.05, 0.1) is 6.04 Å². The molecule has 2 heterocycles. The number of hydrogen-bond acceptors (Lipinski definition) is 4. The van der Waals surface area contributed by atoms with Gasteiger partial charge in [0.2, 0.25) is 5.65 Å². The van der Waals surface area contributed by atoms with Crippen LogP contribution in [0, 0.1) is 0 Å². The lowest BCUT2D eigenvalue weighted by Crippen LogP contribution is -2.09. The van der Waals surface area contributed by atoms with Gasteiger partial charge < -0.3 is 5.32 Å². The number of aromatic nitrogens is 4. The Balaban J connectivity index is 1.91. The molecule has 0 saturated carbocycles. The van der Waals surface area contributed by atoms with Crippen molar-refractivity contribution in [3.05, 3.63) is 54.6 Å². The van der Waals surface area contributed by atoms with Gasteiger partial charge in [-0.1, -0.05) is 30.3 Å². The van der Waals surface area contributed by atoms with Crippen molar-refractivity contribution in [2.45, 2.75) is 13.0 Å². The third-order valence-electron chi connectivity index (χ3n) is 2.87. The third kappa shape index (κ3) is 1.90. The highest BCUT2D eigenvalue weighted by Gasteiger charge is 2.09. The molecule has 0 fully saturated rings. The SMILES string of the molecule is C[C@H](Nc1nccn2cnnc12)c1ccccc1. The zero-order valence-corrected chi connectivity index (χ0v) is 9.99. The van der Waals surface area contributed by atoms with E-state index in [0.29, 0.717) is 0 Å². The summed E-state index contributed by atoms with van der Waals surface area (Å²) in [4.78, 5) is 4.31. The Hall–Kier alpha value is -2.43. The van der Waals surface area contributed by atoms with E-state index in [1.165, 1.54) is 5.56 Å². The predicted molar refractivity (Wildman–Crippen MR) is 69.3 cm³/mol. The number of nitrogens with zero attached hydrogens (tertiary/aromatic N) is 4. The summed E-state index contributed by atoms with van der Waals surface area (Å²) in [5, 5.41) is 11.3. The van der Waals surface area contributed by atoms with Crippen LogP contribution in [0.4, 0.5) is 5.82 Å². The molecule has 3 rings (SSSR count). The van der Waals surface area contributed by atoms with E-state index in [2.05, 4.69) is 39.6 Å². The summed E-state index contributed by atoms with van der Waals surface area (Å²) in [6, 6.07) is 10.4. The smallest absolute Gasteiger partial charge is 0.203 e. The number of benzene rings is 1. The fourth-order valence-corrected chi connectivity index (χ4v) is 1.89. The maximum Gasteiger partial charge on any atom is 0.203 e. The highest BCUT2D eigenvalue weighted by atomic mass is 15.2. The molecule has 90 valence electrons. The number of fused-ring (bicyclic) bond motifs is 1. The first-order valence-corrected chi connectivity index (χ1v) is 5.80. The van der Waals surface area contributed by atoms with Crippen molar-refractivity contribution in [2.75, 3.05) is 5.32 Å². The predicted octanol–water partition coefficient (Wildman–Crippen LogP) is 2.30. The lowest BCUT2D eigenvalue weighted by Gasteiger charge is -2.14. The molecule has 0 amide bonds. The quantitative estimate of drug-likeness (QED) is 0.762. The van der Waals surface area contributed by atoms with E-state index < -0.39 is 0 Å². The molecular formula is C13H13N5. The van der Waals surface area contributed by atoms with Gasteiger partial charge in [0.1, 0.15) is 6.33 Å². The Bertz CT molecular complexity index is 647. The maximum absolute atomic E-state index is 4.31. The first kappa shape index (κ1) is 10.7. The van der Waals surface area contributed by atoms with Crippen LogP contribution in [-0.2, 0) is 0 Å². The summed E-state index contributed by atoms with van der Waals surface area (Å²) in [6.07, 6.45) is 5.22. The highest BCUT2D eigenvalue weighted by molar-refractivity contribution is 5.62. The average molecular weight is 239 g/mol. The minimum atomic E-state index is 0.168. The molecule has 0 radical (unpaired) electrons. The molecule has 1 atom stereocenters. The van der Waals surface area contributed by atoms with Gasteiger partial charge in [-0.05, 0) is 12.5 Å². The summed E-state index contributed by atoms with van der Waals surface area (Å²) in [6.45, 7) is 2.09. The van der Waals surface area contributed by atoms with Gasteiger partial charge in [0, 0.05) is 12.4 Å². The fourth-order valence-electron chi connectivity index (χ4n) is 1.89. The monoisotopic (exact) mass is 239 g/mol. The Kier molecular flexibility index (Phi) is 2.64. The van der Waals surface area contributed by atoms with Crippen molar-refractivity contribution < 1.29 is 0 Å². The summed E-state index contributed by atoms with van der Waals surface area (Å²) in [7, 11) is 0. The van der Waals surface area contributed by atoms with E-state index in [4.69, 9.17) is 0 Å². The molecule has 1 N–H and O–H groups in total. The normalized spacial score (nSPS) is 12.5. The number of nitrogens with one attached hydrogen (secondary N) is 1. The van der Waals surface area contributed by atoms with E-state index in [9.17, 15) is 0 Å². The van der Waals surface area contributed by atoms with Crippen molar-refractivity contribution in [1.82, 2.24) is 19.6 Å².